The van der Waals surface area contributed by atoms with Gasteiger partial charge in [0.15, 0.2) is 11.8 Å². The second-order valence-corrected chi connectivity index (χ2v) is 5.66. The second-order valence-electron chi connectivity index (χ2n) is 5.31. The number of esters is 1. The molecule has 0 aliphatic carbocycles. The van der Waals surface area contributed by atoms with Crippen molar-refractivity contribution in [2.75, 3.05) is 11.9 Å². The van der Waals surface area contributed by atoms with E-state index in [1.54, 1.807) is 32.9 Å². The van der Waals surface area contributed by atoms with Gasteiger partial charge in [-0.25, -0.2) is 9.78 Å². The first-order valence-corrected chi connectivity index (χ1v) is 7.63. The first kappa shape index (κ1) is 18.0. The standard InChI is InChI=1S/C16H18ClN3O4/c1-8-13(10(3)21)9(2)19-14(8)16(23)24-7-12(22)20-11-5-4-6-18-15(11)17/h4-6,10,19,21H,7H2,1-3H3,(H,20,22)/t10-/m0/s1. The minimum atomic E-state index is -0.709. The van der Waals surface area contributed by atoms with Crippen LogP contribution in [0.2, 0.25) is 5.15 Å². The maximum Gasteiger partial charge on any atom is 0.355 e. The largest absolute Gasteiger partial charge is 0.451 e. The fourth-order valence-corrected chi connectivity index (χ4v) is 2.63. The smallest absolute Gasteiger partial charge is 0.355 e. The van der Waals surface area contributed by atoms with E-state index in [1.165, 1.54) is 6.20 Å². The van der Waals surface area contributed by atoms with Gasteiger partial charge in [0.05, 0.1) is 11.8 Å². The number of halogens is 1. The number of aromatic nitrogens is 2. The van der Waals surface area contributed by atoms with Crippen LogP contribution in [0.3, 0.4) is 0 Å². The molecule has 128 valence electrons. The number of aryl methyl sites for hydroxylation is 1. The van der Waals surface area contributed by atoms with E-state index < -0.39 is 24.6 Å². The van der Waals surface area contributed by atoms with Crippen LogP contribution in [0.25, 0.3) is 0 Å². The molecule has 2 rings (SSSR count). The quantitative estimate of drug-likeness (QED) is 0.567. The summed E-state index contributed by atoms with van der Waals surface area (Å²) in [6, 6.07) is 3.21. The van der Waals surface area contributed by atoms with Crippen LogP contribution in [-0.2, 0) is 9.53 Å². The van der Waals surface area contributed by atoms with Gasteiger partial charge in [-0.1, -0.05) is 11.6 Å². The molecule has 2 aromatic rings. The molecule has 8 heteroatoms. The van der Waals surface area contributed by atoms with E-state index in [0.717, 1.165) is 0 Å². The average molecular weight is 352 g/mol. The predicted molar refractivity (Wildman–Crippen MR) is 89.1 cm³/mol. The molecule has 0 saturated carbocycles. The average Bonchev–Trinajstić information content (AvgIpc) is 2.82. The fraction of sp³-hybridized carbons (Fsp3) is 0.312. The number of hydrogen-bond acceptors (Lipinski definition) is 5. The van der Waals surface area contributed by atoms with Crippen molar-refractivity contribution in [1.29, 1.82) is 0 Å². The SMILES string of the molecule is Cc1[nH]c(C(=O)OCC(=O)Nc2cccnc2Cl)c(C)c1[C@H](C)O. The number of anilines is 1. The number of hydrogen-bond donors (Lipinski definition) is 3. The number of carbonyl (C=O) groups excluding carboxylic acids is 2. The van der Waals surface area contributed by atoms with Gasteiger partial charge in [-0.2, -0.15) is 0 Å². The lowest BCUT2D eigenvalue weighted by molar-refractivity contribution is -0.119. The van der Waals surface area contributed by atoms with E-state index in [1.807, 2.05) is 0 Å². The Morgan fingerprint density at radius 3 is 2.75 bits per heavy atom. The molecular weight excluding hydrogens is 334 g/mol. The summed E-state index contributed by atoms with van der Waals surface area (Å²) in [5.74, 6) is -1.20. The molecule has 0 unspecified atom stereocenters. The minimum Gasteiger partial charge on any atom is -0.451 e. The number of rotatable bonds is 5. The highest BCUT2D eigenvalue weighted by atomic mass is 35.5. The zero-order valence-corrected chi connectivity index (χ0v) is 14.3. The summed E-state index contributed by atoms with van der Waals surface area (Å²) in [7, 11) is 0. The van der Waals surface area contributed by atoms with Crippen molar-refractivity contribution < 1.29 is 19.4 Å². The first-order valence-electron chi connectivity index (χ1n) is 7.25. The first-order chi connectivity index (χ1) is 11.3. The van der Waals surface area contributed by atoms with Crippen molar-refractivity contribution in [2.45, 2.75) is 26.9 Å². The van der Waals surface area contributed by atoms with Crippen LogP contribution >= 0.6 is 11.6 Å². The summed E-state index contributed by atoms with van der Waals surface area (Å²) >= 11 is 5.84. The molecule has 2 aromatic heterocycles. The number of carbonyl (C=O) groups is 2. The van der Waals surface area contributed by atoms with Crippen molar-refractivity contribution in [3.8, 4) is 0 Å². The Morgan fingerprint density at radius 2 is 2.17 bits per heavy atom. The number of aliphatic hydroxyl groups excluding tert-OH is 1. The van der Waals surface area contributed by atoms with Gasteiger partial charge in [-0.05, 0) is 38.5 Å². The lowest BCUT2D eigenvalue weighted by Crippen LogP contribution is -2.21. The van der Waals surface area contributed by atoms with E-state index >= 15 is 0 Å². The van der Waals surface area contributed by atoms with Gasteiger partial charge in [0.2, 0.25) is 0 Å². The molecule has 0 spiro atoms. The maximum absolute atomic E-state index is 12.1. The van der Waals surface area contributed by atoms with E-state index in [9.17, 15) is 14.7 Å². The van der Waals surface area contributed by atoms with Gasteiger partial charge >= 0.3 is 5.97 Å². The van der Waals surface area contributed by atoms with Crippen molar-refractivity contribution in [3.05, 3.63) is 46.0 Å². The van der Waals surface area contributed by atoms with Crippen molar-refractivity contribution in [2.24, 2.45) is 0 Å². The molecule has 0 saturated heterocycles. The fourth-order valence-electron chi connectivity index (χ4n) is 2.46. The highest BCUT2D eigenvalue weighted by molar-refractivity contribution is 6.32. The minimum absolute atomic E-state index is 0.148. The third kappa shape index (κ3) is 3.93. The van der Waals surface area contributed by atoms with Crippen LogP contribution in [0, 0.1) is 13.8 Å². The van der Waals surface area contributed by atoms with E-state index in [-0.39, 0.29) is 10.8 Å². The van der Waals surface area contributed by atoms with Gasteiger partial charge < -0.3 is 20.1 Å². The number of aliphatic hydroxyl groups is 1. The number of pyridine rings is 1. The van der Waals surface area contributed by atoms with E-state index in [2.05, 4.69) is 15.3 Å². The molecule has 0 radical (unpaired) electrons. The third-order valence-corrected chi connectivity index (χ3v) is 3.79. The van der Waals surface area contributed by atoms with E-state index in [0.29, 0.717) is 22.5 Å². The molecule has 0 aliphatic heterocycles. The molecule has 0 bridgehead atoms. The third-order valence-electron chi connectivity index (χ3n) is 3.48. The maximum atomic E-state index is 12.1. The van der Waals surface area contributed by atoms with Crippen LogP contribution in [0.5, 0.6) is 0 Å². The Labute approximate surface area is 144 Å². The topological polar surface area (TPSA) is 104 Å². The van der Waals surface area contributed by atoms with Gasteiger partial charge in [0.25, 0.3) is 5.91 Å². The molecule has 24 heavy (non-hydrogen) atoms. The highest BCUT2D eigenvalue weighted by Gasteiger charge is 2.21. The van der Waals surface area contributed by atoms with Gasteiger partial charge in [0.1, 0.15) is 5.69 Å². The summed E-state index contributed by atoms with van der Waals surface area (Å²) in [5.41, 5.74) is 2.48. The van der Waals surface area contributed by atoms with Crippen LogP contribution in [0.4, 0.5) is 5.69 Å². The molecule has 2 heterocycles. The molecular formula is C16H18ClN3O4. The Kier molecular flexibility index (Phi) is 5.58. The molecule has 0 aliphatic rings. The number of aromatic amines is 1. The Hall–Kier alpha value is -2.38. The molecule has 1 atom stereocenters. The Bertz CT molecular complexity index is 771. The van der Waals surface area contributed by atoms with Crippen molar-refractivity contribution in [3.63, 3.8) is 0 Å². The van der Waals surface area contributed by atoms with Crippen LogP contribution in [0.15, 0.2) is 18.3 Å². The van der Waals surface area contributed by atoms with Crippen LogP contribution < -0.4 is 5.32 Å². The second kappa shape index (κ2) is 7.46. The number of amides is 1. The zero-order chi connectivity index (χ0) is 17.9. The monoisotopic (exact) mass is 351 g/mol. The highest BCUT2D eigenvalue weighted by Crippen LogP contribution is 2.24. The molecule has 1 amide bonds. The summed E-state index contributed by atoms with van der Waals surface area (Å²) < 4.78 is 5.00. The van der Waals surface area contributed by atoms with Crippen molar-refractivity contribution >= 4 is 29.2 Å². The number of nitrogens with one attached hydrogen (secondary N) is 2. The zero-order valence-electron chi connectivity index (χ0n) is 13.5. The Balaban J connectivity index is 2.00. The molecule has 0 aromatic carbocycles. The number of ether oxygens (including phenoxy) is 1. The summed E-state index contributed by atoms with van der Waals surface area (Å²) in [6.07, 6.45) is 0.785. The molecule has 0 fully saturated rings. The summed E-state index contributed by atoms with van der Waals surface area (Å²) in [5, 5.41) is 12.4. The van der Waals surface area contributed by atoms with Crippen LogP contribution in [0.1, 0.15) is 40.3 Å². The van der Waals surface area contributed by atoms with Gasteiger partial charge in [-0.3, -0.25) is 4.79 Å². The lowest BCUT2D eigenvalue weighted by atomic mass is 10.1. The van der Waals surface area contributed by atoms with Gasteiger partial charge in [-0.15, -0.1) is 0 Å². The number of nitrogens with zero attached hydrogens (tertiary/aromatic N) is 1. The van der Waals surface area contributed by atoms with E-state index in [4.69, 9.17) is 16.3 Å². The van der Waals surface area contributed by atoms with Crippen molar-refractivity contribution in [1.82, 2.24) is 9.97 Å². The summed E-state index contributed by atoms with van der Waals surface area (Å²) in [6.45, 7) is 4.61. The van der Waals surface area contributed by atoms with Crippen LogP contribution in [-0.4, -0.2) is 33.6 Å². The molecule has 7 nitrogen and oxygen atoms in total. The predicted octanol–water partition coefficient (Wildman–Crippen LogP) is 2.53. The lowest BCUT2D eigenvalue weighted by Gasteiger charge is -2.08. The normalized spacial score (nSPS) is 11.9. The molecule has 3 N–H and O–H groups in total. The summed E-state index contributed by atoms with van der Waals surface area (Å²) in [4.78, 5) is 30.7. The Morgan fingerprint density at radius 1 is 1.46 bits per heavy atom. The van der Waals surface area contributed by atoms with Gasteiger partial charge in [0, 0.05) is 17.5 Å². The number of H-pyrrole nitrogens is 1.